The van der Waals surface area contributed by atoms with Gasteiger partial charge in [0, 0.05) is 31.6 Å². The van der Waals surface area contributed by atoms with Crippen molar-refractivity contribution in [3.05, 3.63) is 24.3 Å². The highest BCUT2D eigenvalue weighted by Crippen LogP contribution is 2.26. The summed E-state index contributed by atoms with van der Waals surface area (Å²) in [6, 6.07) is 8.53. The van der Waals surface area contributed by atoms with Gasteiger partial charge in [-0.3, -0.25) is 4.79 Å². The largest absolute Gasteiger partial charge is 0.423 e. The number of piperidine rings is 1. The molecule has 2 heterocycles. The standard InChI is InChI=1S/C19H28N4O2.2ClH/c1-2-3-6-15(13-20)21-18(24)14-9-11-23(12-10-14)19-22-16-7-4-5-8-17(16)25-19;;/h4-5,7-8,14-15H,2-3,6,9-13,20H2,1H3,(H,21,24);2*1H. The van der Waals surface area contributed by atoms with E-state index in [4.69, 9.17) is 10.2 Å². The number of halogens is 2. The molecule has 2 aromatic rings. The molecular formula is C19H30Cl2N4O2. The molecule has 1 fully saturated rings. The van der Waals surface area contributed by atoms with E-state index in [0.717, 1.165) is 56.3 Å². The van der Waals surface area contributed by atoms with E-state index in [9.17, 15) is 4.79 Å². The van der Waals surface area contributed by atoms with Crippen LogP contribution in [-0.2, 0) is 4.79 Å². The second-order valence-electron chi connectivity index (χ2n) is 6.81. The normalized spacial score (nSPS) is 15.7. The summed E-state index contributed by atoms with van der Waals surface area (Å²) >= 11 is 0. The van der Waals surface area contributed by atoms with Gasteiger partial charge in [-0.15, -0.1) is 24.8 Å². The maximum atomic E-state index is 12.5. The number of oxazole rings is 1. The molecule has 1 aromatic heterocycles. The highest BCUT2D eigenvalue weighted by molar-refractivity contribution is 5.85. The molecule has 1 unspecified atom stereocenters. The molecule has 0 saturated carbocycles. The summed E-state index contributed by atoms with van der Waals surface area (Å²) in [5, 5.41) is 3.13. The molecule has 6 nitrogen and oxygen atoms in total. The van der Waals surface area contributed by atoms with Gasteiger partial charge >= 0.3 is 0 Å². The van der Waals surface area contributed by atoms with Crippen LogP contribution in [0.4, 0.5) is 6.01 Å². The van der Waals surface area contributed by atoms with Crippen LogP contribution >= 0.6 is 24.8 Å². The van der Waals surface area contributed by atoms with E-state index in [1.807, 2.05) is 24.3 Å². The first-order valence-corrected chi connectivity index (χ1v) is 9.32. The van der Waals surface area contributed by atoms with Gasteiger partial charge in [-0.1, -0.05) is 31.9 Å². The van der Waals surface area contributed by atoms with Crippen molar-refractivity contribution >= 4 is 47.8 Å². The lowest BCUT2D eigenvalue weighted by Gasteiger charge is -2.31. The van der Waals surface area contributed by atoms with Crippen molar-refractivity contribution in [2.24, 2.45) is 11.7 Å². The van der Waals surface area contributed by atoms with Crippen LogP contribution in [0.25, 0.3) is 11.1 Å². The Balaban J connectivity index is 0.00000182. The minimum absolute atomic E-state index is 0. The number of carbonyl (C=O) groups excluding carboxylic acids is 1. The Morgan fingerprint density at radius 2 is 2.04 bits per heavy atom. The third kappa shape index (κ3) is 5.99. The molecule has 0 spiro atoms. The number of benzene rings is 1. The number of nitrogens with zero attached hydrogens (tertiary/aromatic N) is 2. The van der Waals surface area contributed by atoms with Gasteiger partial charge in [0.2, 0.25) is 5.91 Å². The van der Waals surface area contributed by atoms with Crippen molar-refractivity contribution in [3.8, 4) is 0 Å². The van der Waals surface area contributed by atoms with Gasteiger partial charge in [0.25, 0.3) is 6.01 Å². The Morgan fingerprint density at radius 1 is 1.33 bits per heavy atom. The Bertz CT molecular complexity index is 669. The van der Waals surface area contributed by atoms with E-state index in [2.05, 4.69) is 22.1 Å². The minimum atomic E-state index is 0. The smallest absolute Gasteiger partial charge is 0.298 e. The zero-order valence-electron chi connectivity index (χ0n) is 15.7. The van der Waals surface area contributed by atoms with Crippen molar-refractivity contribution < 1.29 is 9.21 Å². The fourth-order valence-electron chi connectivity index (χ4n) is 3.35. The first-order valence-electron chi connectivity index (χ1n) is 9.32. The van der Waals surface area contributed by atoms with Gasteiger partial charge in [0.15, 0.2) is 5.58 Å². The van der Waals surface area contributed by atoms with E-state index >= 15 is 0 Å². The first-order chi connectivity index (χ1) is 12.2. The number of unbranched alkanes of at least 4 members (excludes halogenated alkanes) is 1. The number of hydrogen-bond donors (Lipinski definition) is 2. The SMILES string of the molecule is CCCCC(CN)NC(=O)C1CCN(c2nc3ccccc3o2)CC1.Cl.Cl. The maximum Gasteiger partial charge on any atom is 0.298 e. The topological polar surface area (TPSA) is 84.4 Å². The molecule has 1 aromatic carbocycles. The van der Waals surface area contributed by atoms with E-state index in [0.29, 0.717) is 12.6 Å². The van der Waals surface area contributed by atoms with Crippen molar-refractivity contribution in [1.82, 2.24) is 10.3 Å². The molecule has 152 valence electrons. The van der Waals surface area contributed by atoms with Gasteiger partial charge in [-0.25, -0.2) is 0 Å². The number of amides is 1. The quantitative estimate of drug-likeness (QED) is 0.720. The Kier molecular flexibility index (Phi) is 9.91. The molecule has 3 N–H and O–H groups in total. The van der Waals surface area contributed by atoms with E-state index in [1.165, 1.54) is 0 Å². The molecule has 1 amide bonds. The first kappa shape index (κ1) is 23.5. The molecule has 1 saturated heterocycles. The summed E-state index contributed by atoms with van der Waals surface area (Å²) in [5.74, 6) is 0.195. The molecular weight excluding hydrogens is 387 g/mol. The fourth-order valence-corrected chi connectivity index (χ4v) is 3.35. The molecule has 8 heteroatoms. The number of anilines is 1. The number of nitrogens with one attached hydrogen (secondary N) is 1. The summed E-state index contributed by atoms with van der Waals surface area (Å²) in [7, 11) is 0. The average molecular weight is 417 g/mol. The number of aromatic nitrogens is 1. The number of hydrogen-bond acceptors (Lipinski definition) is 5. The fraction of sp³-hybridized carbons (Fsp3) is 0.579. The molecule has 0 radical (unpaired) electrons. The monoisotopic (exact) mass is 416 g/mol. The molecule has 1 atom stereocenters. The summed E-state index contributed by atoms with van der Waals surface area (Å²) in [5.41, 5.74) is 7.46. The average Bonchev–Trinajstić information content (AvgIpc) is 3.09. The Hall–Kier alpha value is -1.50. The van der Waals surface area contributed by atoms with Crippen LogP contribution < -0.4 is 16.0 Å². The zero-order chi connectivity index (χ0) is 17.6. The van der Waals surface area contributed by atoms with Gasteiger partial charge < -0.3 is 20.4 Å². The van der Waals surface area contributed by atoms with E-state index in [1.54, 1.807) is 0 Å². The highest BCUT2D eigenvalue weighted by atomic mass is 35.5. The molecule has 1 aliphatic rings. The number of fused-ring (bicyclic) bond motifs is 1. The van der Waals surface area contributed by atoms with E-state index in [-0.39, 0.29) is 42.7 Å². The second-order valence-corrected chi connectivity index (χ2v) is 6.81. The van der Waals surface area contributed by atoms with Crippen molar-refractivity contribution in [2.75, 3.05) is 24.5 Å². The Labute approximate surface area is 173 Å². The number of rotatable bonds is 7. The summed E-state index contributed by atoms with van der Waals surface area (Å²) in [6.45, 7) is 4.23. The lowest BCUT2D eigenvalue weighted by molar-refractivity contribution is -0.126. The minimum Gasteiger partial charge on any atom is -0.423 e. The second kappa shape index (κ2) is 11.4. The van der Waals surface area contributed by atoms with Gasteiger partial charge in [-0.05, 0) is 31.4 Å². The molecule has 27 heavy (non-hydrogen) atoms. The van der Waals surface area contributed by atoms with Crippen LogP contribution in [0.3, 0.4) is 0 Å². The van der Waals surface area contributed by atoms with Crippen molar-refractivity contribution in [3.63, 3.8) is 0 Å². The summed E-state index contributed by atoms with van der Waals surface area (Å²) in [4.78, 5) is 19.2. The number of nitrogens with two attached hydrogens (primary N) is 1. The summed E-state index contributed by atoms with van der Waals surface area (Å²) < 4.78 is 5.83. The predicted octanol–water partition coefficient (Wildman–Crippen LogP) is 3.52. The van der Waals surface area contributed by atoms with Crippen LogP contribution in [-0.4, -0.2) is 36.6 Å². The lowest BCUT2D eigenvalue weighted by atomic mass is 9.95. The maximum absolute atomic E-state index is 12.5. The predicted molar refractivity (Wildman–Crippen MR) is 114 cm³/mol. The molecule has 0 bridgehead atoms. The molecule has 0 aliphatic carbocycles. The van der Waals surface area contributed by atoms with Gasteiger partial charge in [-0.2, -0.15) is 4.98 Å². The summed E-state index contributed by atoms with van der Waals surface area (Å²) in [6.07, 6.45) is 4.80. The third-order valence-corrected chi connectivity index (χ3v) is 4.96. The molecule has 1 aliphatic heterocycles. The van der Waals surface area contributed by atoms with Gasteiger partial charge in [0.1, 0.15) is 5.52 Å². The van der Waals surface area contributed by atoms with Crippen molar-refractivity contribution in [1.29, 1.82) is 0 Å². The lowest BCUT2D eigenvalue weighted by Crippen LogP contribution is -2.46. The van der Waals surface area contributed by atoms with Crippen LogP contribution in [0.5, 0.6) is 0 Å². The highest BCUT2D eigenvalue weighted by Gasteiger charge is 2.28. The zero-order valence-corrected chi connectivity index (χ0v) is 17.4. The van der Waals surface area contributed by atoms with Gasteiger partial charge in [0.05, 0.1) is 0 Å². The third-order valence-electron chi connectivity index (χ3n) is 4.96. The van der Waals surface area contributed by atoms with Crippen LogP contribution in [0.1, 0.15) is 39.0 Å². The number of para-hydroxylation sites is 2. The van der Waals surface area contributed by atoms with Crippen LogP contribution in [0.15, 0.2) is 28.7 Å². The number of carbonyl (C=O) groups is 1. The van der Waals surface area contributed by atoms with Crippen molar-refractivity contribution in [2.45, 2.75) is 45.1 Å². The van der Waals surface area contributed by atoms with Crippen LogP contribution in [0.2, 0.25) is 0 Å². The Morgan fingerprint density at radius 3 is 2.67 bits per heavy atom. The molecule has 3 rings (SSSR count). The van der Waals surface area contributed by atoms with Crippen LogP contribution in [0, 0.1) is 5.92 Å². The van der Waals surface area contributed by atoms with E-state index < -0.39 is 0 Å².